The average molecular weight is 425 g/mol. The summed E-state index contributed by atoms with van der Waals surface area (Å²) in [5.41, 5.74) is 1.26. The van der Waals surface area contributed by atoms with Crippen LogP contribution in [0.2, 0.25) is 0 Å². The van der Waals surface area contributed by atoms with E-state index in [1.165, 1.54) is 10.4 Å². The summed E-state index contributed by atoms with van der Waals surface area (Å²) in [6.07, 6.45) is 0. The second-order valence-corrected chi connectivity index (χ2v) is 9.20. The van der Waals surface area contributed by atoms with Gasteiger partial charge in [0.2, 0.25) is 0 Å². The standard InChI is InChI=1S/C23H28N4O2S/c1-15(2)21-24-22(20-16(3)17(4)30-23(20)25-21)27-12-10-26(11-13-27)19(28)14-29-18-8-6-5-7-9-18/h5-9,15H,10-14H2,1-4H3. The number of para-hydroxylation sites is 1. The zero-order chi connectivity index (χ0) is 21.3. The van der Waals surface area contributed by atoms with Gasteiger partial charge in [-0.1, -0.05) is 32.0 Å². The second kappa shape index (κ2) is 8.60. The number of anilines is 1. The molecule has 1 fully saturated rings. The number of thiophene rings is 1. The van der Waals surface area contributed by atoms with Crippen molar-refractivity contribution in [3.8, 4) is 5.75 Å². The van der Waals surface area contributed by atoms with E-state index >= 15 is 0 Å². The lowest BCUT2D eigenvalue weighted by Gasteiger charge is -2.36. The predicted molar refractivity (Wildman–Crippen MR) is 122 cm³/mol. The normalized spacial score (nSPS) is 14.6. The maximum atomic E-state index is 12.6. The van der Waals surface area contributed by atoms with E-state index < -0.39 is 0 Å². The third kappa shape index (κ3) is 4.12. The minimum absolute atomic E-state index is 0.0248. The molecular formula is C23H28N4O2S. The maximum Gasteiger partial charge on any atom is 0.260 e. The molecule has 1 aromatic carbocycles. The van der Waals surface area contributed by atoms with Crippen molar-refractivity contribution in [1.29, 1.82) is 0 Å². The summed E-state index contributed by atoms with van der Waals surface area (Å²) in [6.45, 7) is 11.5. The average Bonchev–Trinajstić information content (AvgIpc) is 3.05. The van der Waals surface area contributed by atoms with Gasteiger partial charge in [-0.25, -0.2) is 9.97 Å². The van der Waals surface area contributed by atoms with Crippen molar-refractivity contribution in [2.24, 2.45) is 0 Å². The Kier molecular flexibility index (Phi) is 5.90. The van der Waals surface area contributed by atoms with Crippen LogP contribution < -0.4 is 9.64 Å². The minimum atomic E-state index is 0.0248. The van der Waals surface area contributed by atoms with Gasteiger partial charge in [0.05, 0.1) is 5.39 Å². The summed E-state index contributed by atoms with van der Waals surface area (Å²) in [6, 6.07) is 9.46. The van der Waals surface area contributed by atoms with Crippen LogP contribution in [0.25, 0.3) is 10.2 Å². The molecule has 0 N–H and O–H groups in total. The van der Waals surface area contributed by atoms with E-state index in [9.17, 15) is 4.79 Å². The zero-order valence-electron chi connectivity index (χ0n) is 18.0. The van der Waals surface area contributed by atoms with Crippen molar-refractivity contribution in [2.45, 2.75) is 33.6 Å². The van der Waals surface area contributed by atoms with Crippen molar-refractivity contribution in [3.05, 3.63) is 46.6 Å². The SMILES string of the molecule is Cc1sc2nc(C(C)C)nc(N3CCN(C(=O)COc4ccccc4)CC3)c2c1C. The number of aryl methyl sites for hydroxylation is 2. The fourth-order valence-corrected chi connectivity index (χ4v) is 4.68. The van der Waals surface area contributed by atoms with Crippen molar-refractivity contribution >= 4 is 33.3 Å². The van der Waals surface area contributed by atoms with E-state index in [-0.39, 0.29) is 18.4 Å². The lowest BCUT2D eigenvalue weighted by atomic mass is 10.1. The molecule has 6 nitrogen and oxygen atoms in total. The molecule has 1 saturated heterocycles. The monoisotopic (exact) mass is 424 g/mol. The molecule has 30 heavy (non-hydrogen) atoms. The van der Waals surface area contributed by atoms with Gasteiger partial charge in [0.1, 0.15) is 22.2 Å². The molecule has 0 bridgehead atoms. The number of rotatable bonds is 5. The first-order valence-electron chi connectivity index (χ1n) is 10.4. The number of nitrogens with zero attached hydrogens (tertiary/aromatic N) is 4. The molecule has 1 aliphatic rings. The van der Waals surface area contributed by atoms with Crippen LogP contribution >= 0.6 is 11.3 Å². The summed E-state index contributed by atoms with van der Waals surface area (Å²) in [5, 5.41) is 1.16. The van der Waals surface area contributed by atoms with E-state index in [2.05, 4.69) is 32.6 Å². The van der Waals surface area contributed by atoms with Crippen LogP contribution in [0.15, 0.2) is 30.3 Å². The van der Waals surface area contributed by atoms with Gasteiger partial charge < -0.3 is 14.5 Å². The topological polar surface area (TPSA) is 58.6 Å². The summed E-state index contributed by atoms with van der Waals surface area (Å²) >= 11 is 1.74. The number of carbonyl (C=O) groups is 1. The number of aromatic nitrogens is 2. The number of ether oxygens (including phenoxy) is 1. The van der Waals surface area contributed by atoms with Gasteiger partial charge in [-0.05, 0) is 31.5 Å². The van der Waals surface area contributed by atoms with Crippen molar-refractivity contribution in [3.63, 3.8) is 0 Å². The first-order chi connectivity index (χ1) is 14.4. The van der Waals surface area contributed by atoms with Gasteiger partial charge in [0.25, 0.3) is 5.91 Å². The number of hydrogen-bond donors (Lipinski definition) is 0. The van der Waals surface area contributed by atoms with Crippen LogP contribution in [0, 0.1) is 13.8 Å². The molecule has 7 heteroatoms. The Bertz CT molecular complexity index is 1040. The molecule has 0 unspecified atom stereocenters. The smallest absolute Gasteiger partial charge is 0.260 e. The van der Waals surface area contributed by atoms with E-state index in [0.717, 1.165) is 40.7 Å². The van der Waals surface area contributed by atoms with Gasteiger partial charge in [-0.3, -0.25) is 4.79 Å². The number of hydrogen-bond acceptors (Lipinski definition) is 6. The largest absolute Gasteiger partial charge is 0.484 e. The molecule has 2 aromatic heterocycles. The van der Waals surface area contributed by atoms with Gasteiger partial charge in [-0.15, -0.1) is 11.3 Å². The number of fused-ring (bicyclic) bond motifs is 1. The van der Waals surface area contributed by atoms with E-state index in [0.29, 0.717) is 13.1 Å². The highest BCUT2D eigenvalue weighted by atomic mass is 32.1. The third-order valence-corrected chi connectivity index (χ3v) is 6.68. The van der Waals surface area contributed by atoms with Crippen LogP contribution in [0.5, 0.6) is 5.75 Å². The van der Waals surface area contributed by atoms with E-state index in [4.69, 9.17) is 14.7 Å². The van der Waals surface area contributed by atoms with E-state index in [1.807, 2.05) is 35.2 Å². The van der Waals surface area contributed by atoms with Crippen LogP contribution in [0.4, 0.5) is 5.82 Å². The molecule has 1 amide bonds. The lowest BCUT2D eigenvalue weighted by molar-refractivity contribution is -0.133. The Morgan fingerprint density at radius 2 is 1.80 bits per heavy atom. The highest BCUT2D eigenvalue weighted by Crippen LogP contribution is 2.36. The first-order valence-corrected chi connectivity index (χ1v) is 11.2. The predicted octanol–water partition coefficient (Wildman–Crippen LogP) is 4.16. The molecule has 0 atom stereocenters. The molecule has 0 saturated carbocycles. The number of piperazine rings is 1. The molecule has 3 heterocycles. The minimum Gasteiger partial charge on any atom is -0.484 e. The van der Waals surface area contributed by atoms with Gasteiger partial charge in [0, 0.05) is 37.0 Å². The van der Waals surface area contributed by atoms with Crippen molar-refractivity contribution < 1.29 is 9.53 Å². The fraction of sp³-hybridized carbons (Fsp3) is 0.435. The number of benzene rings is 1. The molecule has 3 aromatic rings. The Labute approximate surface area is 181 Å². The van der Waals surface area contributed by atoms with E-state index in [1.54, 1.807) is 11.3 Å². The zero-order valence-corrected chi connectivity index (χ0v) is 18.8. The molecule has 158 valence electrons. The number of carbonyl (C=O) groups excluding carboxylic acids is 1. The summed E-state index contributed by atoms with van der Waals surface area (Å²) < 4.78 is 5.63. The fourth-order valence-electron chi connectivity index (χ4n) is 3.65. The Hall–Kier alpha value is -2.67. The van der Waals surface area contributed by atoms with Crippen molar-refractivity contribution in [2.75, 3.05) is 37.7 Å². The Morgan fingerprint density at radius 1 is 1.10 bits per heavy atom. The van der Waals surface area contributed by atoms with Gasteiger partial charge in [0.15, 0.2) is 6.61 Å². The van der Waals surface area contributed by atoms with Crippen molar-refractivity contribution in [1.82, 2.24) is 14.9 Å². The highest BCUT2D eigenvalue weighted by Gasteiger charge is 2.26. The number of amides is 1. The quantitative estimate of drug-likeness (QED) is 0.616. The molecule has 1 aliphatic heterocycles. The molecular weight excluding hydrogens is 396 g/mol. The summed E-state index contributed by atoms with van der Waals surface area (Å²) in [4.78, 5) is 28.9. The Morgan fingerprint density at radius 3 is 2.47 bits per heavy atom. The van der Waals surface area contributed by atoms with Gasteiger partial charge in [-0.2, -0.15) is 0 Å². The molecule has 0 aliphatic carbocycles. The third-order valence-electron chi connectivity index (χ3n) is 5.58. The van der Waals surface area contributed by atoms with Crippen LogP contribution in [-0.4, -0.2) is 53.6 Å². The summed E-state index contributed by atoms with van der Waals surface area (Å²) in [7, 11) is 0. The maximum absolute atomic E-state index is 12.6. The van der Waals surface area contributed by atoms with Crippen LogP contribution in [0.1, 0.15) is 36.0 Å². The molecule has 4 rings (SSSR count). The summed E-state index contributed by atoms with van der Waals surface area (Å²) in [5.74, 6) is 2.91. The van der Waals surface area contributed by atoms with Gasteiger partial charge >= 0.3 is 0 Å². The van der Waals surface area contributed by atoms with Crippen LogP contribution in [0.3, 0.4) is 0 Å². The molecule has 0 spiro atoms. The highest BCUT2D eigenvalue weighted by molar-refractivity contribution is 7.18. The molecule has 0 radical (unpaired) electrons. The lowest BCUT2D eigenvalue weighted by Crippen LogP contribution is -2.50. The Balaban J connectivity index is 1.47. The van der Waals surface area contributed by atoms with Crippen LogP contribution in [-0.2, 0) is 4.79 Å². The second-order valence-electron chi connectivity index (χ2n) is 7.99. The first kappa shape index (κ1) is 20.6.